The lowest BCUT2D eigenvalue weighted by Gasteiger charge is -2.14. The molecule has 0 unspecified atom stereocenters. The SMILES string of the molecule is CN(C)CCNC(=O)Nc1ccccc1Oc1ccccc1. The maximum Gasteiger partial charge on any atom is 0.319 e. The summed E-state index contributed by atoms with van der Waals surface area (Å²) in [6.07, 6.45) is 0. The summed E-state index contributed by atoms with van der Waals surface area (Å²) in [5.74, 6) is 1.33. The molecule has 2 rings (SSSR count). The molecule has 0 aliphatic heterocycles. The fourth-order valence-electron chi connectivity index (χ4n) is 1.83. The van der Waals surface area contributed by atoms with Gasteiger partial charge in [-0.05, 0) is 38.4 Å². The molecule has 0 aliphatic rings. The van der Waals surface area contributed by atoms with E-state index in [9.17, 15) is 4.79 Å². The van der Waals surface area contributed by atoms with E-state index < -0.39 is 0 Å². The standard InChI is InChI=1S/C17H21N3O2/c1-20(2)13-12-18-17(21)19-15-10-6-7-11-16(15)22-14-8-4-3-5-9-14/h3-11H,12-13H2,1-2H3,(H2,18,19,21). The molecule has 0 bridgehead atoms. The van der Waals surface area contributed by atoms with E-state index >= 15 is 0 Å². The number of rotatable bonds is 6. The Kier molecular flexibility index (Phi) is 5.80. The molecule has 0 heterocycles. The molecule has 22 heavy (non-hydrogen) atoms. The minimum absolute atomic E-state index is 0.244. The number of urea groups is 1. The predicted molar refractivity (Wildman–Crippen MR) is 88.5 cm³/mol. The van der Waals surface area contributed by atoms with Crippen LogP contribution in [0.15, 0.2) is 54.6 Å². The second kappa shape index (κ2) is 8.05. The fraction of sp³-hybridized carbons (Fsp3) is 0.235. The van der Waals surface area contributed by atoms with Crippen molar-refractivity contribution < 1.29 is 9.53 Å². The Bertz CT molecular complexity index is 600. The normalized spacial score (nSPS) is 10.3. The summed E-state index contributed by atoms with van der Waals surface area (Å²) >= 11 is 0. The molecular weight excluding hydrogens is 278 g/mol. The zero-order chi connectivity index (χ0) is 15.8. The van der Waals surface area contributed by atoms with Crippen molar-refractivity contribution >= 4 is 11.7 Å². The Hall–Kier alpha value is -2.53. The van der Waals surface area contributed by atoms with Gasteiger partial charge in [0.05, 0.1) is 5.69 Å². The number of likely N-dealkylation sites (N-methyl/N-ethyl adjacent to an activating group) is 1. The highest BCUT2D eigenvalue weighted by molar-refractivity contribution is 5.90. The maximum atomic E-state index is 11.9. The number of amides is 2. The average Bonchev–Trinajstić information content (AvgIpc) is 2.50. The van der Waals surface area contributed by atoms with Gasteiger partial charge < -0.3 is 20.3 Å². The number of carbonyl (C=O) groups excluding carboxylic acids is 1. The highest BCUT2D eigenvalue weighted by Gasteiger charge is 2.07. The van der Waals surface area contributed by atoms with Crippen LogP contribution >= 0.6 is 0 Å². The average molecular weight is 299 g/mol. The van der Waals surface area contributed by atoms with Crippen LogP contribution < -0.4 is 15.4 Å². The van der Waals surface area contributed by atoms with Crippen molar-refractivity contribution in [3.63, 3.8) is 0 Å². The molecule has 5 nitrogen and oxygen atoms in total. The van der Waals surface area contributed by atoms with Crippen LogP contribution in [0.1, 0.15) is 0 Å². The first-order valence-electron chi connectivity index (χ1n) is 7.16. The molecule has 0 atom stereocenters. The largest absolute Gasteiger partial charge is 0.455 e. The lowest BCUT2D eigenvalue weighted by Crippen LogP contribution is -2.34. The molecular formula is C17H21N3O2. The van der Waals surface area contributed by atoms with Gasteiger partial charge in [0.2, 0.25) is 0 Å². The van der Waals surface area contributed by atoms with Crippen molar-refractivity contribution in [1.29, 1.82) is 0 Å². The summed E-state index contributed by atoms with van der Waals surface area (Å²) in [6, 6.07) is 16.6. The molecule has 0 fully saturated rings. The molecule has 0 aliphatic carbocycles. The molecule has 0 radical (unpaired) electrons. The molecule has 116 valence electrons. The van der Waals surface area contributed by atoms with E-state index in [1.165, 1.54) is 0 Å². The number of carbonyl (C=O) groups is 1. The molecule has 2 amide bonds. The fourth-order valence-corrected chi connectivity index (χ4v) is 1.83. The van der Waals surface area contributed by atoms with Crippen LogP contribution in [0.3, 0.4) is 0 Å². The van der Waals surface area contributed by atoms with E-state index in [2.05, 4.69) is 10.6 Å². The van der Waals surface area contributed by atoms with E-state index in [0.717, 1.165) is 12.3 Å². The van der Waals surface area contributed by atoms with Gasteiger partial charge in [-0.25, -0.2) is 4.79 Å². The van der Waals surface area contributed by atoms with Crippen LogP contribution in [-0.2, 0) is 0 Å². The number of hydrogen-bond acceptors (Lipinski definition) is 3. The van der Waals surface area contributed by atoms with E-state index in [0.29, 0.717) is 18.0 Å². The van der Waals surface area contributed by atoms with Crippen molar-refractivity contribution in [2.75, 3.05) is 32.5 Å². The zero-order valence-corrected chi connectivity index (χ0v) is 12.9. The Morgan fingerprint density at radius 2 is 1.73 bits per heavy atom. The molecule has 0 saturated carbocycles. The highest BCUT2D eigenvalue weighted by Crippen LogP contribution is 2.28. The van der Waals surface area contributed by atoms with E-state index in [1.807, 2.05) is 73.6 Å². The number of nitrogens with one attached hydrogen (secondary N) is 2. The lowest BCUT2D eigenvalue weighted by molar-refractivity contribution is 0.250. The number of ether oxygens (including phenoxy) is 1. The topological polar surface area (TPSA) is 53.6 Å². The maximum absolute atomic E-state index is 11.9. The second-order valence-corrected chi connectivity index (χ2v) is 5.10. The number of nitrogens with zero attached hydrogens (tertiary/aromatic N) is 1. The first kappa shape index (κ1) is 15.9. The Balaban J connectivity index is 1.98. The van der Waals surface area contributed by atoms with Crippen molar-refractivity contribution in [3.05, 3.63) is 54.6 Å². The predicted octanol–water partition coefficient (Wildman–Crippen LogP) is 3.16. The molecule has 2 aromatic rings. The van der Waals surface area contributed by atoms with Crippen molar-refractivity contribution in [2.45, 2.75) is 0 Å². The van der Waals surface area contributed by atoms with Gasteiger partial charge in [0.25, 0.3) is 0 Å². The quantitative estimate of drug-likeness (QED) is 0.861. The number of anilines is 1. The molecule has 2 aromatic carbocycles. The zero-order valence-electron chi connectivity index (χ0n) is 12.9. The third-order valence-electron chi connectivity index (χ3n) is 2.95. The third-order valence-corrected chi connectivity index (χ3v) is 2.95. The van der Waals surface area contributed by atoms with Gasteiger partial charge in [0.1, 0.15) is 5.75 Å². The first-order chi connectivity index (χ1) is 10.6. The molecule has 0 saturated heterocycles. The number of benzene rings is 2. The summed E-state index contributed by atoms with van der Waals surface area (Å²) in [5.41, 5.74) is 0.633. The summed E-state index contributed by atoms with van der Waals surface area (Å²) in [7, 11) is 3.92. The molecule has 0 spiro atoms. The summed E-state index contributed by atoms with van der Waals surface area (Å²) in [4.78, 5) is 13.9. The second-order valence-electron chi connectivity index (χ2n) is 5.10. The monoisotopic (exact) mass is 299 g/mol. The Labute approximate surface area is 130 Å². The number of para-hydroxylation sites is 3. The minimum atomic E-state index is -0.244. The van der Waals surface area contributed by atoms with Gasteiger partial charge in [-0.15, -0.1) is 0 Å². The molecule has 2 N–H and O–H groups in total. The Morgan fingerprint density at radius 3 is 2.45 bits per heavy atom. The Morgan fingerprint density at radius 1 is 1.05 bits per heavy atom. The smallest absolute Gasteiger partial charge is 0.319 e. The number of hydrogen-bond donors (Lipinski definition) is 2. The summed E-state index contributed by atoms with van der Waals surface area (Å²) in [5, 5.41) is 5.62. The van der Waals surface area contributed by atoms with Crippen LogP contribution in [-0.4, -0.2) is 38.1 Å². The minimum Gasteiger partial charge on any atom is -0.455 e. The van der Waals surface area contributed by atoms with E-state index in [-0.39, 0.29) is 6.03 Å². The van der Waals surface area contributed by atoms with Crippen LogP contribution in [0.2, 0.25) is 0 Å². The van der Waals surface area contributed by atoms with Crippen molar-refractivity contribution in [3.8, 4) is 11.5 Å². The van der Waals surface area contributed by atoms with Gasteiger partial charge in [-0.3, -0.25) is 0 Å². The van der Waals surface area contributed by atoms with Crippen LogP contribution in [0.4, 0.5) is 10.5 Å². The highest BCUT2D eigenvalue weighted by atomic mass is 16.5. The van der Waals surface area contributed by atoms with Gasteiger partial charge >= 0.3 is 6.03 Å². The van der Waals surface area contributed by atoms with E-state index in [4.69, 9.17) is 4.74 Å². The van der Waals surface area contributed by atoms with E-state index in [1.54, 1.807) is 0 Å². The van der Waals surface area contributed by atoms with Gasteiger partial charge in [0.15, 0.2) is 5.75 Å². The van der Waals surface area contributed by atoms with Gasteiger partial charge in [-0.1, -0.05) is 30.3 Å². The van der Waals surface area contributed by atoms with Crippen LogP contribution in [0.25, 0.3) is 0 Å². The third kappa shape index (κ3) is 5.10. The summed E-state index contributed by atoms with van der Waals surface area (Å²) in [6.45, 7) is 1.37. The summed E-state index contributed by atoms with van der Waals surface area (Å²) < 4.78 is 5.80. The van der Waals surface area contributed by atoms with Crippen LogP contribution in [0.5, 0.6) is 11.5 Å². The molecule has 5 heteroatoms. The molecule has 0 aromatic heterocycles. The van der Waals surface area contributed by atoms with Crippen LogP contribution in [0, 0.1) is 0 Å². The first-order valence-corrected chi connectivity index (χ1v) is 7.16. The van der Waals surface area contributed by atoms with Crippen molar-refractivity contribution in [2.24, 2.45) is 0 Å². The van der Waals surface area contributed by atoms with Crippen molar-refractivity contribution in [1.82, 2.24) is 10.2 Å². The lowest BCUT2D eigenvalue weighted by atomic mass is 10.3. The van der Waals surface area contributed by atoms with Gasteiger partial charge in [-0.2, -0.15) is 0 Å². The van der Waals surface area contributed by atoms with Gasteiger partial charge in [0, 0.05) is 13.1 Å².